The van der Waals surface area contributed by atoms with E-state index in [4.69, 9.17) is 15.2 Å². The van der Waals surface area contributed by atoms with Gasteiger partial charge >= 0.3 is 0 Å². The van der Waals surface area contributed by atoms with Gasteiger partial charge in [-0.05, 0) is 54.7 Å². The van der Waals surface area contributed by atoms with Crippen LogP contribution in [0.5, 0.6) is 11.5 Å². The predicted molar refractivity (Wildman–Crippen MR) is 98.4 cm³/mol. The number of methoxy groups -OCH3 is 2. The molecule has 0 amide bonds. The van der Waals surface area contributed by atoms with E-state index in [0.717, 1.165) is 37.4 Å². The Bertz CT molecular complexity index is 770. The van der Waals surface area contributed by atoms with E-state index >= 15 is 0 Å². The summed E-state index contributed by atoms with van der Waals surface area (Å²) in [5.41, 5.74) is 10.6. The number of hydrogen-bond donors (Lipinski definition) is 1. The van der Waals surface area contributed by atoms with Crippen LogP contribution in [0.3, 0.4) is 0 Å². The van der Waals surface area contributed by atoms with E-state index in [0.29, 0.717) is 12.1 Å². The summed E-state index contributed by atoms with van der Waals surface area (Å²) in [6, 6.07) is 7.29. The molecule has 0 spiro atoms. The van der Waals surface area contributed by atoms with E-state index in [2.05, 4.69) is 47.0 Å². The van der Waals surface area contributed by atoms with Crippen molar-refractivity contribution in [2.24, 2.45) is 5.73 Å². The second-order valence-electron chi connectivity index (χ2n) is 7.27. The van der Waals surface area contributed by atoms with Gasteiger partial charge in [-0.1, -0.05) is 0 Å². The Morgan fingerprint density at radius 3 is 2.60 bits per heavy atom. The van der Waals surface area contributed by atoms with E-state index in [9.17, 15) is 0 Å². The van der Waals surface area contributed by atoms with Crippen LogP contribution >= 0.6 is 0 Å². The fourth-order valence-corrected chi connectivity index (χ4v) is 4.41. The number of benzene rings is 1. The fourth-order valence-electron chi connectivity index (χ4n) is 4.41. The lowest BCUT2D eigenvalue weighted by Gasteiger charge is -2.46. The molecule has 0 unspecified atom stereocenters. The monoisotopic (exact) mass is 341 g/mol. The van der Waals surface area contributed by atoms with E-state index in [1.54, 1.807) is 14.2 Å². The molecule has 4 rings (SSSR count). The maximum Gasteiger partial charge on any atom is 0.161 e. The van der Waals surface area contributed by atoms with Crippen LogP contribution in [0.1, 0.15) is 35.2 Å². The second-order valence-corrected chi connectivity index (χ2v) is 7.27. The smallest absolute Gasteiger partial charge is 0.161 e. The van der Waals surface area contributed by atoms with E-state index < -0.39 is 0 Å². The van der Waals surface area contributed by atoms with Gasteiger partial charge in [0.25, 0.3) is 0 Å². The standard InChI is InChI=1S/C20H27N3O2/c1-13-4-6-22(11-13)18-12-23-7-5-14-8-19(24-2)20(25-3)9-15(14)17(23)10-16(18)21/h4,6,8-9,11,16-18H,5,7,10,12,21H2,1-3H3/t16-,17-,18-/m0/s1. The Morgan fingerprint density at radius 1 is 1.16 bits per heavy atom. The minimum absolute atomic E-state index is 0.145. The minimum atomic E-state index is 0.145. The number of ether oxygens (including phenoxy) is 2. The van der Waals surface area contributed by atoms with Gasteiger partial charge in [-0.15, -0.1) is 0 Å². The van der Waals surface area contributed by atoms with Crippen molar-refractivity contribution >= 4 is 0 Å². The maximum absolute atomic E-state index is 6.61. The van der Waals surface area contributed by atoms with Crippen molar-refractivity contribution in [1.82, 2.24) is 9.47 Å². The molecule has 0 bridgehead atoms. The van der Waals surface area contributed by atoms with Crippen molar-refractivity contribution in [1.29, 1.82) is 0 Å². The summed E-state index contributed by atoms with van der Waals surface area (Å²) in [5.74, 6) is 1.62. The molecule has 1 aromatic carbocycles. The molecule has 1 aromatic heterocycles. The number of aryl methyl sites for hydroxylation is 1. The largest absolute Gasteiger partial charge is 0.493 e. The van der Waals surface area contributed by atoms with Gasteiger partial charge < -0.3 is 19.8 Å². The van der Waals surface area contributed by atoms with Crippen LogP contribution in [-0.2, 0) is 6.42 Å². The summed E-state index contributed by atoms with van der Waals surface area (Å²) in [6.45, 7) is 4.19. The molecule has 2 aliphatic heterocycles. The number of piperidine rings is 1. The van der Waals surface area contributed by atoms with Crippen LogP contribution in [0.2, 0.25) is 0 Å². The molecule has 5 heteroatoms. The van der Waals surface area contributed by atoms with E-state index in [-0.39, 0.29) is 6.04 Å². The van der Waals surface area contributed by atoms with Crippen LogP contribution in [0.15, 0.2) is 30.6 Å². The molecule has 0 radical (unpaired) electrons. The molecule has 3 atom stereocenters. The summed E-state index contributed by atoms with van der Waals surface area (Å²) in [7, 11) is 3.39. The predicted octanol–water partition coefficient (Wildman–Crippen LogP) is 2.69. The van der Waals surface area contributed by atoms with Crippen molar-refractivity contribution < 1.29 is 9.47 Å². The van der Waals surface area contributed by atoms with Gasteiger partial charge in [-0.25, -0.2) is 0 Å². The van der Waals surface area contributed by atoms with Crippen LogP contribution < -0.4 is 15.2 Å². The van der Waals surface area contributed by atoms with E-state index in [1.165, 1.54) is 16.7 Å². The highest BCUT2D eigenvalue weighted by Crippen LogP contribution is 2.43. The minimum Gasteiger partial charge on any atom is -0.493 e. The van der Waals surface area contributed by atoms with Crippen LogP contribution in [0.25, 0.3) is 0 Å². The first kappa shape index (κ1) is 16.5. The van der Waals surface area contributed by atoms with Gasteiger partial charge in [0.15, 0.2) is 11.5 Å². The second kappa shape index (κ2) is 6.39. The number of hydrogen-bond acceptors (Lipinski definition) is 4. The Balaban J connectivity index is 1.64. The lowest BCUT2D eigenvalue weighted by Crippen LogP contribution is -2.51. The molecule has 134 valence electrons. The third-order valence-electron chi connectivity index (χ3n) is 5.77. The fraction of sp³-hybridized carbons (Fsp3) is 0.500. The quantitative estimate of drug-likeness (QED) is 0.933. The molecule has 2 N–H and O–H groups in total. The first-order valence-corrected chi connectivity index (χ1v) is 8.99. The Hall–Kier alpha value is -1.98. The van der Waals surface area contributed by atoms with Crippen LogP contribution in [-0.4, -0.2) is 42.8 Å². The molecule has 25 heavy (non-hydrogen) atoms. The molecule has 0 saturated carbocycles. The third-order valence-corrected chi connectivity index (χ3v) is 5.77. The van der Waals surface area contributed by atoms with Gasteiger partial charge in [0, 0.05) is 37.6 Å². The van der Waals surface area contributed by atoms with Gasteiger partial charge in [0.2, 0.25) is 0 Å². The van der Waals surface area contributed by atoms with Gasteiger partial charge in [-0.2, -0.15) is 0 Å². The van der Waals surface area contributed by atoms with Gasteiger partial charge in [0.1, 0.15) is 0 Å². The molecular formula is C20H27N3O2. The Morgan fingerprint density at radius 2 is 1.92 bits per heavy atom. The number of nitrogens with zero attached hydrogens (tertiary/aromatic N) is 2. The van der Waals surface area contributed by atoms with Gasteiger partial charge in [0.05, 0.1) is 20.3 Å². The van der Waals surface area contributed by atoms with Crippen molar-refractivity contribution in [3.8, 4) is 11.5 Å². The first-order chi connectivity index (χ1) is 12.1. The first-order valence-electron chi connectivity index (χ1n) is 8.99. The normalized spacial score (nSPS) is 26.0. The summed E-state index contributed by atoms with van der Waals surface area (Å²) >= 11 is 0. The van der Waals surface area contributed by atoms with Crippen LogP contribution in [0.4, 0.5) is 0 Å². The molecule has 2 aliphatic rings. The summed E-state index contributed by atoms with van der Waals surface area (Å²) < 4.78 is 13.3. The molecule has 1 saturated heterocycles. The van der Waals surface area contributed by atoms with Crippen molar-refractivity contribution in [3.05, 3.63) is 47.3 Å². The number of nitrogens with two attached hydrogens (primary N) is 1. The highest BCUT2D eigenvalue weighted by atomic mass is 16.5. The average Bonchev–Trinajstić information content (AvgIpc) is 3.06. The topological polar surface area (TPSA) is 52.7 Å². The maximum atomic E-state index is 6.61. The lowest BCUT2D eigenvalue weighted by molar-refractivity contribution is 0.0869. The number of aromatic nitrogens is 1. The Kier molecular flexibility index (Phi) is 4.21. The number of fused-ring (bicyclic) bond motifs is 3. The summed E-state index contributed by atoms with van der Waals surface area (Å²) in [5, 5.41) is 0. The highest BCUT2D eigenvalue weighted by Gasteiger charge is 2.38. The van der Waals surface area contributed by atoms with Crippen LogP contribution in [0, 0.1) is 6.92 Å². The zero-order valence-corrected chi connectivity index (χ0v) is 15.2. The summed E-state index contributed by atoms with van der Waals surface area (Å²) in [4.78, 5) is 2.58. The lowest BCUT2D eigenvalue weighted by atomic mass is 9.83. The zero-order valence-electron chi connectivity index (χ0n) is 15.2. The Labute approximate surface area is 149 Å². The van der Waals surface area contributed by atoms with Crippen molar-refractivity contribution in [3.63, 3.8) is 0 Å². The van der Waals surface area contributed by atoms with Crippen molar-refractivity contribution in [2.75, 3.05) is 27.3 Å². The zero-order chi connectivity index (χ0) is 17.6. The number of rotatable bonds is 3. The molecule has 3 heterocycles. The third kappa shape index (κ3) is 2.81. The van der Waals surface area contributed by atoms with E-state index in [1.807, 2.05) is 0 Å². The molecule has 5 nitrogen and oxygen atoms in total. The molecule has 2 aromatic rings. The van der Waals surface area contributed by atoms with Crippen molar-refractivity contribution in [2.45, 2.75) is 37.9 Å². The SMILES string of the molecule is COc1cc2c(cc1OC)[C@@H]1C[C@H](N)[C@@H](n3ccc(C)c3)CN1CC2. The molecular weight excluding hydrogens is 314 g/mol. The van der Waals surface area contributed by atoms with Gasteiger partial charge in [-0.3, -0.25) is 4.90 Å². The average molecular weight is 341 g/mol. The molecule has 0 aliphatic carbocycles. The summed E-state index contributed by atoms with van der Waals surface area (Å²) in [6.07, 6.45) is 6.37. The molecule has 1 fully saturated rings. The highest BCUT2D eigenvalue weighted by molar-refractivity contribution is 5.49.